The molecule has 0 saturated carbocycles. The van der Waals surface area contributed by atoms with Crippen molar-refractivity contribution in [2.24, 2.45) is 5.41 Å². The van der Waals surface area contributed by atoms with E-state index in [1.807, 2.05) is 51.1 Å². The molecule has 0 saturated heterocycles. The monoisotopic (exact) mass is 297 g/mol. The van der Waals surface area contributed by atoms with Gasteiger partial charge in [-0.1, -0.05) is 51.1 Å². The molecule has 0 amide bonds. The summed E-state index contributed by atoms with van der Waals surface area (Å²) in [5.41, 5.74) is 0.744. The molecule has 0 aliphatic rings. The van der Waals surface area contributed by atoms with E-state index in [0.717, 1.165) is 11.8 Å². The fraction of sp³-hybridized carbons (Fsp3) is 0.533. The third kappa shape index (κ3) is 6.30. The van der Waals surface area contributed by atoms with Gasteiger partial charge in [0, 0.05) is 13.0 Å². The van der Waals surface area contributed by atoms with Gasteiger partial charge in [0.2, 0.25) is 10.0 Å². The first kappa shape index (κ1) is 16.9. The number of ketones is 1. The van der Waals surface area contributed by atoms with Crippen LogP contribution >= 0.6 is 0 Å². The number of hydrogen-bond donors (Lipinski definition) is 0. The molecule has 0 radical (unpaired) electrons. The standard InChI is InChI=1S/C15H23NO3S/c1-15(2,3)10-14(17)12-16(20(4,18)19)11-13-8-6-5-7-9-13/h5-9H,10-12H2,1-4H3. The molecule has 0 bridgehead atoms. The van der Waals surface area contributed by atoms with Gasteiger partial charge in [0.15, 0.2) is 0 Å². The Labute approximate surface area is 121 Å². The third-order valence-electron chi connectivity index (χ3n) is 2.75. The summed E-state index contributed by atoms with van der Waals surface area (Å²) >= 11 is 0. The fourth-order valence-corrected chi connectivity index (χ4v) is 2.68. The normalized spacial score (nSPS) is 12.7. The van der Waals surface area contributed by atoms with Crippen molar-refractivity contribution >= 4 is 15.8 Å². The minimum atomic E-state index is -3.40. The Kier molecular flexibility index (Phi) is 5.48. The lowest BCUT2D eigenvalue weighted by Crippen LogP contribution is -2.35. The molecule has 0 aliphatic heterocycles. The topological polar surface area (TPSA) is 54.5 Å². The SMILES string of the molecule is CC(C)(C)CC(=O)CN(Cc1ccccc1)S(C)(=O)=O. The number of benzene rings is 1. The van der Waals surface area contributed by atoms with E-state index in [9.17, 15) is 13.2 Å². The average molecular weight is 297 g/mol. The van der Waals surface area contributed by atoms with Crippen molar-refractivity contribution in [3.05, 3.63) is 35.9 Å². The van der Waals surface area contributed by atoms with Crippen LogP contribution in [0.1, 0.15) is 32.8 Å². The second-order valence-electron chi connectivity index (χ2n) is 6.29. The van der Waals surface area contributed by atoms with E-state index in [1.54, 1.807) is 0 Å². The molecule has 1 rings (SSSR count). The van der Waals surface area contributed by atoms with Gasteiger partial charge in [-0.2, -0.15) is 4.31 Å². The summed E-state index contributed by atoms with van der Waals surface area (Å²) in [6.45, 7) is 6.06. The van der Waals surface area contributed by atoms with Gasteiger partial charge in [0.25, 0.3) is 0 Å². The Morgan fingerprint density at radius 3 is 2.15 bits per heavy atom. The summed E-state index contributed by atoms with van der Waals surface area (Å²) in [5, 5.41) is 0. The van der Waals surface area contributed by atoms with E-state index < -0.39 is 10.0 Å². The van der Waals surface area contributed by atoms with E-state index in [-0.39, 0.29) is 24.3 Å². The van der Waals surface area contributed by atoms with E-state index >= 15 is 0 Å². The van der Waals surface area contributed by atoms with Crippen LogP contribution in [-0.4, -0.2) is 31.3 Å². The maximum absolute atomic E-state index is 12.0. The first-order valence-corrected chi connectivity index (χ1v) is 8.43. The number of sulfonamides is 1. The van der Waals surface area contributed by atoms with Crippen LogP contribution in [0, 0.1) is 5.41 Å². The third-order valence-corrected chi connectivity index (χ3v) is 3.95. The van der Waals surface area contributed by atoms with Crippen molar-refractivity contribution in [3.63, 3.8) is 0 Å². The highest BCUT2D eigenvalue weighted by molar-refractivity contribution is 7.88. The number of hydrogen-bond acceptors (Lipinski definition) is 3. The van der Waals surface area contributed by atoms with Gasteiger partial charge in [-0.3, -0.25) is 4.79 Å². The van der Waals surface area contributed by atoms with Crippen LogP contribution in [0.2, 0.25) is 0 Å². The zero-order valence-corrected chi connectivity index (χ0v) is 13.4. The number of Topliss-reactive ketones (excluding diaryl/α,β-unsaturated/α-hetero) is 1. The lowest BCUT2D eigenvalue weighted by Gasteiger charge is -2.22. The van der Waals surface area contributed by atoms with Crippen molar-refractivity contribution in [1.82, 2.24) is 4.31 Å². The fourth-order valence-electron chi connectivity index (χ4n) is 1.92. The van der Waals surface area contributed by atoms with Crippen LogP contribution in [0.15, 0.2) is 30.3 Å². The highest BCUT2D eigenvalue weighted by Crippen LogP contribution is 2.19. The Morgan fingerprint density at radius 1 is 1.15 bits per heavy atom. The Balaban J connectivity index is 2.79. The molecule has 0 heterocycles. The average Bonchev–Trinajstić information content (AvgIpc) is 2.25. The molecule has 0 unspecified atom stereocenters. The van der Waals surface area contributed by atoms with Crippen LogP contribution in [0.5, 0.6) is 0 Å². The summed E-state index contributed by atoms with van der Waals surface area (Å²) in [6.07, 6.45) is 1.51. The van der Waals surface area contributed by atoms with Crippen LogP contribution in [0.4, 0.5) is 0 Å². The van der Waals surface area contributed by atoms with Crippen molar-refractivity contribution in [2.45, 2.75) is 33.7 Å². The minimum absolute atomic E-state index is 0.0566. The molecule has 0 aliphatic carbocycles. The molecule has 1 aromatic carbocycles. The van der Waals surface area contributed by atoms with Gasteiger partial charge in [-0.05, 0) is 11.0 Å². The maximum atomic E-state index is 12.0. The van der Waals surface area contributed by atoms with Crippen LogP contribution in [0.3, 0.4) is 0 Å². The molecule has 4 nitrogen and oxygen atoms in total. The first-order chi connectivity index (χ1) is 9.08. The molecule has 0 spiro atoms. The molecular formula is C15H23NO3S. The number of carbonyl (C=O) groups excluding carboxylic acids is 1. The molecule has 5 heteroatoms. The second-order valence-corrected chi connectivity index (χ2v) is 8.28. The summed E-state index contributed by atoms with van der Waals surface area (Å²) in [4.78, 5) is 12.0. The van der Waals surface area contributed by atoms with Gasteiger partial charge in [0.05, 0.1) is 12.8 Å². The van der Waals surface area contributed by atoms with E-state index in [0.29, 0.717) is 6.42 Å². The maximum Gasteiger partial charge on any atom is 0.211 e. The van der Waals surface area contributed by atoms with Crippen molar-refractivity contribution in [2.75, 3.05) is 12.8 Å². The number of nitrogens with zero attached hydrogens (tertiary/aromatic N) is 1. The zero-order valence-electron chi connectivity index (χ0n) is 12.6. The molecule has 112 valence electrons. The summed E-state index contributed by atoms with van der Waals surface area (Å²) in [6, 6.07) is 9.29. The Bertz CT molecular complexity index is 544. The van der Waals surface area contributed by atoms with Crippen LogP contribution < -0.4 is 0 Å². The largest absolute Gasteiger partial charge is 0.298 e. The van der Waals surface area contributed by atoms with Gasteiger partial charge < -0.3 is 0 Å². The number of rotatable bonds is 6. The van der Waals surface area contributed by atoms with Crippen LogP contribution in [-0.2, 0) is 21.4 Å². The molecule has 1 aromatic rings. The van der Waals surface area contributed by atoms with E-state index in [1.165, 1.54) is 4.31 Å². The zero-order chi connectivity index (χ0) is 15.4. The highest BCUT2D eigenvalue weighted by atomic mass is 32.2. The van der Waals surface area contributed by atoms with Gasteiger partial charge >= 0.3 is 0 Å². The van der Waals surface area contributed by atoms with Gasteiger partial charge in [-0.25, -0.2) is 8.42 Å². The lowest BCUT2D eigenvalue weighted by atomic mass is 9.90. The molecule has 0 aromatic heterocycles. The predicted molar refractivity (Wildman–Crippen MR) is 80.8 cm³/mol. The van der Waals surface area contributed by atoms with Crippen molar-refractivity contribution in [3.8, 4) is 0 Å². The Morgan fingerprint density at radius 2 is 1.70 bits per heavy atom. The smallest absolute Gasteiger partial charge is 0.211 e. The quantitative estimate of drug-likeness (QED) is 0.810. The molecule has 20 heavy (non-hydrogen) atoms. The van der Waals surface area contributed by atoms with Crippen LogP contribution in [0.25, 0.3) is 0 Å². The Hall–Kier alpha value is -1.20. The second kappa shape index (κ2) is 6.50. The van der Waals surface area contributed by atoms with Crippen molar-refractivity contribution < 1.29 is 13.2 Å². The van der Waals surface area contributed by atoms with E-state index in [4.69, 9.17) is 0 Å². The van der Waals surface area contributed by atoms with Gasteiger partial charge in [-0.15, -0.1) is 0 Å². The summed E-state index contributed by atoms with van der Waals surface area (Å²) < 4.78 is 24.9. The molecule has 0 atom stereocenters. The molecular weight excluding hydrogens is 274 g/mol. The minimum Gasteiger partial charge on any atom is -0.298 e. The highest BCUT2D eigenvalue weighted by Gasteiger charge is 2.23. The summed E-state index contributed by atoms with van der Waals surface area (Å²) in [7, 11) is -3.40. The first-order valence-electron chi connectivity index (χ1n) is 6.59. The lowest BCUT2D eigenvalue weighted by molar-refractivity contribution is -0.121. The molecule has 0 N–H and O–H groups in total. The van der Waals surface area contributed by atoms with Gasteiger partial charge in [0.1, 0.15) is 5.78 Å². The predicted octanol–water partition coefficient (Wildman–Crippen LogP) is 2.45. The molecule has 0 fully saturated rings. The van der Waals surface area contributed by atoms with E-state index in [2.05, 4.69) is 0 Å². The van der Waals surface area contributed by atoms with Crippen molar-refractivity contribution in [1.29, 1.82) is 0 Å². The summed E-state index contributed by atoms with van der Waals surface area (Å²) in [5.74, 6) is -0.0566. The number of carbonyl (C=O) groups is 1.